The van der Waals surface area contributed by atoms with Gasteiger partial charge in [0.2, 0.25) is 0 Å². The Bertz CT molecular complexity index is 1460. The van der Waals surface area contributed by atoms with Crippen molar-refractivity contribution in [2.75, 3.05) is 19.1 Å². The molecule has 0 aliphatic rings. The summed E-state index contributed by atoms with van der Waals surface area (Å²) in [6.07, 6.45) is 5.49. The zero-order chi connectivity index (χ0) is 24.4. The maximum absolute atomic E-state index is 6.13. The Morgan fingerprint density at radius 2 is 1.60 bits per heavy atom. The van der Waals surface area contributed by atoms with Crippen molar-refractivity contribution in [3.63, 3.8) is 0 Å². The third-order valence-corrected chi connectivity index (χ3v) is 5.99. The number of rotatable bonds is 7. The molecule has 7 nitrogen and oxygen atoms in total. The van der Waals surface area contributed by atoms with Crippen LogP contribution in [-0.4, -0.2) is 34.0 Å². The summed E-state index contributed by atoms with van der Waals surface area (Å²) < 4.78 is 12.8. The van der Waals surface area contributed by atoms with Crippen LogP contribution in [-0.2, 0) is 13.6 Å². The second kappa shape index (κ2) is 9.64. The van der Waals surface area contributed by atoms with E-state index in [1.165, 1.54) is 0 Å². The highest BCUT2D eigenvalue weighted by atomic mass is 35.5. The minimum absolute atomic E-state index is 0.606. The van der Waals surface area contributed by atoms with E-state index in [9.17, 15) is 0 Å². The first kappa shape index (κ1) is 22.7. The van der Waals surface area contributed by atoms with Crippen LogP contribution in [0.15, 0.2) is 79.3 Å². The van der Waals surface area contributed by atoms with E-state index in [4.69, 9.17) is 26.1 Å². The smallest absolute Gasteiger partial charge is 0.124 e. The minimum Gasteiger partial charge on any atom is -0.497 e. The van der Waals surface area contributed by atoms with Gasteiger partial charge in [0.1, 0.15) is 11.5 Å². The summed E-state index contributed by atoms with van der Waals surface area (Å²) in [6.45, 7) is 0.606. The van der Waals surface area contributed by atoms with Crippen molar-refractivity contribution in [2.45, 2.75) is 6.54 Å². The molecule has 176 valence electrons. The summed E-state index contributed by atoms with van der Waals surface area (Å²) in [5.41, 5.74) is 6.28. The number of anilines is 2. The Hall–Kier alpha value is -4.10. The van der Waals surface area contributed by atoms with Gasteiger partial charge in [-0.25, -0.2) is 4.98 Å². The lowest BCUT2D eigenvalue weighted by atomic mass is 10.1. The van der Waals surface area contributed by atoms with Gasteiger partial charge in [0, 0.05) is 59.9 Å². The highest BCUT2D eigenvalue weighted by molar-refractivity contribution is 6.30. The summed E-state index contributed by atoms with van der Waals surface area (Å²) in [4.78, 5) is 11.7. The SMILES string of the molecule is COc1cc(OC)cc(N(Cc2ccc(Cl)cc2)c2ccc3ncc(-c4cnn(C)c4)nc3c2)c1. The van der Waals surface area contributed by atoms with Gasteiger partial charge in [-0.05, 0) is 35.9 Å². The van der Waals surface area contributed by atoms with E-state index in [2.05, 4.69) is 15.0 Å². The quantitative estimate of drug-likeness (QED) is 0.280. The lowest BCUT2D eigenvalue weighted by molar-refractivity contribution is 0.394. The molecule has 0 saturated carbocycles. The zero-order valence-corrected chi connectivity index (χ0v) is 20.4. The van der Waals surface area contributed by atoms with Crippen molar-refractivity contribution >= 4 is 34.0 Å². The normalized spacial score (nSPS) is 11.0. The van der Waals surface area contributed by atoms with Crippen molar-refractivity contribution in [2.24, 2.45) is 7.05 Å². The third-order valence-electron chi connectivity index (χ3n) is 5.74. The maximum Gasteiger partial charge on any atom is 0.124 e. The predicted molar refractivity (Wildman–Crippen MR) is 139 cm³/mol. The van der Waals surface area contributed by atoms with Crippen LogP contribution >= 0.6 is 11.6 Å². The highest BCUT2D eigenvalue weighted by Crippen LogP contribution is 2.35. The number of fused-ring (bicyclic) bond motifs is 1. The van der Waals surface area contributed by atoms with Crippen molar-refractivity contribution in [3.05, 3.63) is 89.8 Å². The van der Waals surface area contributed by atoms with Crippen LogP contribution in [0.25, 0.3) is 22.3 Å². The average Bonchev–Trinajstić information content (AvgIpc) is 3.33. The molecular weight excluding hydrogens is 462 g/mol. The number of aryl methyl sites for hydroxylation is 1. The summed E-state index contributed by atoms with van der Waals surface area (Å²) in [5, 5.41) is 4.95. The molecule has 0 amide bonds. The van der Waals surface area contributed by atoms with Gasteiger partial charge in [-0.1, -0.05) is 23.7 Å². The van der Waals surface area contributed by atoms with Gasteiger partial charge in [-0.3, -0.25) is 9.67 Å². The first-order valence-electron chi connectivity index (χ1n) is 11.0. The fourth-order valence-corrected chi connectivity index (χ4v) is 4.04. The molecule has 0 atom stereocenters. The molecule has 0 aliphatic heterocycles. The van der Waals surface area contributed by atoms with E-state index in [0.717, 1.165) is 39.2 Å². The van der Waals surface area contributed by atoms with Crippen LogP contribution < -0.4 is 14.4 Å². The molecule has 5 aromatic rings. The minimum atomic E-state index is 0.606. The molecule has 0 bridgehead atoms. The largest absolute Gasteiger partial charge is 0.497 e. The Balaban J connectivity index is 1.62. The van der Waals surface area contributed by atoms with Gasteiger partial charge < -0.3 is 14.4 Å². The van der Waals surface area contributed by atoms with Crippen LogP contribution in [0.3, 0.4) is 0 Å². The number of hydrogen-bond acceptors (Lipinski definition) is 6. The van der Waals surface area contributed by atoms with Gasteiger partial charge in [0.15, 0.2) is 0 Å². The molecule has 35 heavy (non-hydrogen) atoms. The van der Waals surface area contributed by atoms with Crippen LogP contribution in [0.1, 0.15) is 5.56 Å². The second-order valence-electron chi connectivity index (χ2n) is 8.11. The second-order valence-corrected chi connectivity index (χ2v) is 8.55. The predicted octanol–water partition coefficient (Wildman–Crippen LogP) is 6.04. The molecule has 2 heterocycles. The van der Waals surface area contributed by atoms with E-state index in [1.54, 1.807) is 31.3 Å². The molecule has 0 N–H and O–H groups in total. The van der Waals surface area contributed by atoms with Gasteiger partial charge in [-0.2, -0.15) is 5.10 Å². The number of hydrogen-bond donors (Lipinski definition) is 0. The number of halogens is 1. The Labute approximate surface area is 208 Å². The fourth-order valence-electron chi connectivity index (χ4n) is 3.91. The van der Waals surface area contributed by atoms with Gasteiger partial charge in [0.25, 0.3) is 0 Å². The topological polar surface area (TPSA) is 65.3 Å². The summed E-state index contributed by atoms with van der Waals surface area (Å²) in [5.74, 6) is 1.42. The fraction of sp³-hybridized carbons (Fsp3) is 0.148. The van der Waals surface area contributed by atoms with Crippen molar-refractivity contribution < 1.29 is 9.47 Å². The number of benzene rings is 3. The van der Waals surface area contributed by atoms with E-state index in [-0.39, 0.29) is 0 Å². The summed E-state index contributed by atoms with van der Waals surface area (Å²) >= 11 is 6.13. The monoisotopic (exact) mass is 485 g/mol. The molecular formula is C27H24ClN5O2. The molecule has 3 aromatic carbocycles. The van der Waals surface area contributed by atoms with Crippen LogP contribution in [0.5, 0.6) is 11.5 Å². The molecule has 0 fully saturated rings. The molecule has 0 aliphatic carbocycles. The maximum atomic E-state index is 6.13. The molecule has 0 spiro atoms. The van der Waals surface area contributed by atoms with Crippen LogP contribution in [0.4, 0.5) is 11.4 Å². The lowest BCUT2D eigenvalue weighted by Crippen LogP contribution is -2.16. The Kier molecular flexibility index (Phi) is 6.25. The number of ether oxygens (including phenoxy) is 2. The summed E-state index contributed by atoms with van der Waals surface area (Å²) in [7, 11) is 5.18. The average molecular weight is 486 g/mol. The molecule has 8 heteroatoms. The molecule has 2 aromatic heterocycles. The molecule has 0 saturated heterocycles. The van der Waals surface area contributed by atoms with E-state index >= 15 is 0 Å². The van der Waals surface area contributed by atoms with E-state index in [1.807, 2.05) is 73.9 Å². The first-order valence-corrected chi connectivity index (χ1v) is 11.4. The third kappa shape index (κ3) is 4.90. The van der Waals surface area contributed by atoms with Gasteiger partial charge >= 0.3 is 0 Å². The number of nitrogens with zero attached hydrogens (tertiary/aromatic N) is 5. The van der Waals surface area contributed by atoms with Gasteiger partial charge in [0.05, 0.1) is 43.3 Å². The van der Waals surface area contributed by atoms with Crippen molar-refractivity contribution in [3.8, 4) is 22.8 Å². The first-order chi connectivity index (χ1) is 17.0. The lowest BCUT2D eigenvalue weighted by Gasteiger charge is -2.26. The number of aromatic nitrogens is 4. The van der Waals surface area contributed by atoms with Crippen LogP contribution in [0.2, 0.25) is 5.02 Å². The molecule has 5 rings (SSSR count). The van der Waals surface area contributed by atoms with E-state index in [0.29, 0.717) is 23.1 Å². The standard InChI is InChI=1S/C27H24ClN5O2/c1-32-17-19(14-30-32)27-15-29-25-9-8-21(12-26(25)31-27)33(16-18-4-6-20(28)7-5-18)22-10-23(34-2)13-24(11-22)35-3/h4-15,17H,16H2,1-3H3. The Morgan fingerprint density at radius 1 is 0.857 bits per heavy atom. The number of methoxy groups -OCH3 is 2. The van der Waals surface area contributed by atoms with Gasteiger partial charge in [-0.15, -0.1) is 0 Å². The molecule has 0 unspecified atom stereocenters. The van der Waals surface area contributed by atoms with E-state index < -0.39 is 0 Å². The van der Waals surface area contributed by atoms with Crippen LogP contribution in [0, 0.1) is 0 Å². The van der Waals surface area contributed by atoms with Crippen molar-refractivity contribution in [1.29, 1.82) is 0 Å². The summed E-state index contributed by atoms with van der Waals surface area (Å²) in [6, 6.07) is 19.7. The molecule has 0 radical (unpaired) electrons. The van der Waals surface area contributed by atoms with Crippen molar-refractivity contribution in [1.82, 2.24) is 19.7 Å². The highest BCUT2D eigenvalue weighted by Gasteiger charge is 2.15. The Morgan fingerprint density at radius 3 is 2.26 bits per heavy atom. The zero-order valence-electron chi connectivity index (χ0n) is 19.6.